The highest BCUT2D eigenvalue weighted by Crippen LogP contribution is 2.41. The third kappa shape index (κ3) is 1.00. The highest BCUT2D eigenvalue weighted by Gasteiger charge is 2.43. The van der Waals surface area contributed by atoms with E-state index in [2.05, 4.69) is 11.8 Å². The topological polar surface area (TPSA) is 23.5 Å². The van der Waals surface area contributed by atoms with Gasteiger partial charge in [0.15, 0.2) is 0 Å². The maximum Gasteiger partial charge on any atom is 0.110 e. The van der Waals surface area contributed by atoms with Gasteiger partial charge in [-0.2, -0.15) is 0 Å². The molecule has 1 N–H and O–H groups in total. The zero-order valence-corrected chi connectivity index (χ0v) is 7.33. The summed E-state index contributed by atoms with van der Waals surface area (Å²) in [5, 5.41) is 9.76. The van der Waals surface area contributed by atoms with Crippen LogP contribution in [0.5, 0.6) is 0 Å². The lowest BCUT2D eigenvalue weighted by Gasteiger charge is -2.24. The van der Waals surface area contributed by atoms with E-state index in [0.717, 1.165) is 5.92 Å². The molecule has 4 atom stereocenters. The molecule has 1 heterocycles. The number of rotatable bonds is 0. The van der Waals surface area contributed by atoms with Gasteiger partial charge in [-0.25, -0.2) is 0 Å². The van der Waals surface area contributed by atoms with Crippen LogP contribution in [0.4, 0.5) is 0 Å². The normalized spacial score (nSPS) is 51.5. The molecule has 2 bridgehead atoms. The third-order valence-electron chi connectivity index (χ3n) is 3.61. The Balaban J connectivity index is 2.16. The Morgan fingerprint density at radius 1 is 1.36 bits per heavy atom. The van der Waals surface area contributed by atoms with E-state index >= 15 is 0 Å². The van der Waals surface area contributed by atoms with Crippen molar-refractivity contribution in [2.45, 2.75) is 38.5 Å². The molecule has 0 aromatic heterocycles. The molecule has 1 aliphatic carbocycles. The first kappa shape index (κ1) is 7.56. The summed E-state index contributed by atoms with van der Waals surface area (Å²) in [7, 11) is 2.05. The number of aliphatic hydroxyl groups excluding tert-OH is 1. The quantitative estimate of drug-likeness (QED) is 0.565. The molecular formula is C9H17NO. The highest BCUT2D eigenvalue weighted by atomic mass is 16.3. The second kappa shape index (κ2) is 2.46. The van der Waals surface area contributed by atoms with Gasteiger partial charge in [0.25, 0.3) is 0 Å². The standard InChI is InChI=1S/C9H17NO/c1-6-3-4-7-5-8(6)9(11)10(7)2/h6-9,11H,3-5H2,1-2H3/t6-,7-,8-,9?/m1/s1. The van der Waals surface area contributed by atoms with Crippen molar-refractivity contribution in [2.75, 3.05) is 7.05 Å². The van der Waals surface area contributed by atoms with Crippen LogP contribution < -0.4 is 0 Å². The molecule has 0 spiro atoms. The van der Waals surface area contributed by atoms with Crippen molar-refractivity contribution in [2.24, 2.45) is 11.8 Å². The van der Waals surface area contributed by atoms with Crippen LogP contribution in [-0.2, 0) is 0 Å². The Morgan fingerprint density at radius 3 is 2.73 bits per heavy atom. The average Bonchev–Trinajstić information content (AvgIpc) is 2.24. The van der Waals surface area contributed by atoms with Gasteiger partial charge in [0.1, 0.15) is 6.23 Å². The molecule has 1 unspecified atom stereocenters. The minimum atomic E-state index is -0.155. The number of hydrogen-bond donors (Lipinski definition) is 1. The summed E-state index contributed by atoms with van der Waals surface area (Å²) in [5.74, 6) is 1.28. The molecule has 64 valence electrons. The minimum absolute atomic E-state index is 0.155. The predicted octanol–water partition coefficient (Wildman–Crippen LogP) is 1.05. The Hall–Kier alpha value is -0.0800. The molecular weight excluding hydrogens is 138 g/mol. The molecule has 0 aromatic rings. The van der Waals surface area contributed by atoms with E-state index in [-0.39, 0.29) is 6.23 Å². The van der Waals surface area contributed by atoms with Crippen molar-refractivity contribution in [1.82, 2.24) is 4.90 Å². The molecule has 2 nitrogen and oxygen atoms in total. The Kier molecular flexibility index (Phi) is 1.69. The van der Waals surface area contributed by atoms with Crippen molar-refractivity contribution in [3.05, 3.63) is 0 Å². The van der Waals surface area contributed by atoms with E-state index in [1.54, 1.807) is 0 Å². The fraction of sp³-hybridized carbons (Fsp3) is 1.00. The van der Waals surface area contributed by atoms with E-state index in [9.17, 15) is 5.11 Å². The maximum absolute atomic E-state index is 9.76. The van der Waals surface area contributed by atoms with Crippen molar-refractivity contribution < 1.29 is 5.11 Å². The Labute approximate surface area is 68.2 Å². The zero-order chi connectivity index (χ0) is 8.01. The Morgan fingerprint density at radius 2 is 2.09 bits per heavy atom. The van der Waals surface area contributed by atoms with E-state index in [0.29, 0.717) is 12.0 Å². The number of hydrogen-bond acceptors (Lipinski definition) is 2. The van der Waals surface area contributed by atoms with Gasteiger partial charge in [0.05, 0.1) is 0 Å². The molecule has 1 saturated heterocycles. The number of aliphatic hydroxyl groups is 1. The molecule has 11 heavy (non-hydrogen) atoms. The van der Waals surface area contributed by atoms with E-state index in [1.807, 2.05) is 7.05 Å². The summed E-state index contributed by atoms with van der Waals surface area (Å²) < 4.78 is 0. The highest BCUT2D eigenvalue weighted by molar-refractivity contribution is 4.93. The summed E-state index contributed by atoms with van der Waals surface area (Å²) in [6, 6.07) is 0.672. The van der Waals surface area contributed by atoms with Crippen LogP contribution >= 0.6 is 0 Å². The van der Waals surface area contributed by atoms with Crippen LogP contribution in [-0.4, -0.2) is 29.3 Å². The molecule has 2 aliphatic rings. The van der Waals surface area contributed by atoms with Crippen molar-refractivity contribution >= 4 is 0 Å². The number of nitrogens with zero attached hydrogens (tertiary/aromatic N) is 1. The lowest BCUT2D eigenvalue weighted by molar-refractivity contribution is 0.00732. The summed E-state index contributed by atoms with van der Waals surface area (Å²) in [5.41, 5.74) is 0. The zero-order valence-electron chi connectivity index (χ0n) is 7.33. The smallest absolute Gasteiger partial charge is 0.110 e. The van der Waals surface area contributed by atoms with Crippen LogP contribution in [0.25, 0.3) is 0 Å². The van der Waals surface area contributed by atoms with Crippen LogP contribution in [0.15, 0.2) is 0 Å². The van der Waals surface area contributed by atoms with Crippen LogP contribution in [0, 0.1) is 11.8 Å². The summed E-state index contributed by atoms with van der Waals surface area (Å²) in [6.07, 6.45) is 3.65. The van der Waals surface area contributed by atoms with E-state index < -0.39 is 0 Å². The van der Waals surface area contributed by atoms with Gasteiger partial charge in [-0.05, 0) is 32.2 Å². The lowest BCUT2D eigenvalue weighted by atomic mass is 9.81. The molecule has 2 heteroatoms. The van der Waals surface area contributed by atoms with E-state index in [1.165, 1.54) is 19.3 Å². The number of likely N-dealkylation sites (tertiary alicyclic amines) is 1. The molecule has 0 amide bonds. The largest absolute Gasteiger partial charge is 0.378 e. The first-order chi connectivity index (χ1) is 5.20. The summed E-state index contributed by atoms with van der Waals surface area (Å²) in [4.78, 5) is 2.15. The van der Waals surface area contributed by atoms with Gasteiger partial charge >= 0.3 is 0 Å². The van der Waals surface area contributed by atoms with Gasteiger partial charge in [-0.3, -0.25) is 4.90 Å². The van der Waals surface area contributed by atoms with Crippen molar-refractivity contribution in [3.8, 4) is 0 Å². The average molecular weight is 155 g/mol. The van der Waals surface area contributed by atoms with Crippen LogP contribution in [0.3, 0.4) is 0 Å². The summed E-state index contributed by atoms with van der Waals surface area (Å²) in [6.45, 7) is 2.27. The molecule has 0 radical (unpaired) electrons. The third-order valence-corrected chi connectivity index (χ3v) is 3.61. The van der Waals surface area contributed by atoms with Crippen molar-refractivity contribution in [1.29, 1.82) is 0 Å². The van der Waals surface area contributed by atoms with Crippen LogP contribution in [0.2, 0.25) is 0 Å². The predicted molar refractivity (Wildman–Crippen MR) is 44.1 cm³/mol. The molecule has 0 aromatic carbocycles. The van der Waals surface area contributed by atoms with Crippen molar-refractivity contribution in [3.63, 3.8) is 0 Å². The monoisotopic (exact) mass is 155 g/mol. The first-order valence-electron chi connectivity index (χ1n) is 4.60. The lowest BCUT2D eigenvalue weighted by Crippen LogP contribution is -2.32. The number of fused-ring (bicyclic) bond motifs is 2. The first-order valence-corrected chi connectivity index (χ1v) is 4.60. The fourth-order valence-corrected chi connectivity index (χ4v) is 2.64. The summed E-state index contributed by atoms with van der Waals surface area (Å²) >= 11 is 0. The van der Waals surface area contributed by atoms with Gasteiger partial charge in [0.2, 0.25) is 0 Å². The van der Waals surface area contributed by atoms with Gasteiger partial charge < -0.3 is 5.11 Å². The minimum Gasteiger partial charge on any atom is -0.378 e. The van der Waals surface area contributed by atoms with Crippen LogP contribution in [0.1, 0.15) is 26.2 Å². The SMILES string of the molecule is C[C@@H]1CC[C@@H]2C[C@H]1C(O)N2C. The molecule has 2 fully saturated rings. The second-order valence-electron chi connectivity index (χ2n) is 4.19. The van der Waals surface area contributed by atoms with Gasteiger partial charge in [0, 0.05) is 12.0 Å². The molecule has 1 saturated carbocycles. The van der Waals surface area contributed by atoms with Gasteiger partial charge in [-0.1, -0.05) is 6.92 Å². The molecule has 2 rings (SSSR count). The Bertz CT molecular complexity index is 160. The maximum atomic E-state index is 9.76. The van der Waals surface area contributed by atoms with E-state index in [4.69, 9.17) is 0 Å². The fourth-order valence-electron chi connectivity index (χ4n) is 2.64. The second-order valence-corrected chi connectivity index (χ2v) is 4.19. The van der Waals surface area contributed by atoms with Gasteiger partial charge in [-0.15, -0.1) is 0 Å². The molecule has 1 aliphatic heterocycles.